The van der Waals surface area contributed by atoms with Crippen molar-refractivity contribution in [3.05, 3.63) is 46.4 Å². The summed E-state index contributed by atoms with van der Waals surface area (Å²) in [6.45, 7) is 3.24. The molecule has 0 unspecified atom stereocenters. The van der Waals surface area contributed by atoms with Gasteiger partial charge in [0.15, 0.2) is 0 Å². The average Bonchev–Trinajstić information content (AvgIpc) is 3.01. The quantitative estimate of drug-likeness (QED) is 0.726. The van der Waals surface area contributed by atoms with Crippen molar-refractivity contribution in [2.24, 2.45) is 0 Å². The van der Waals surface area contributed by atoms with Gasteiger partial charge in [-0.25, -0.2) is 9.78 Å². The fourth-order valence-corrected chi connectivity index (χ4v) is 3.13. The molecule has 2 aromatic rings. The highest BCUT2D eigenvalue weighted by atomic mass is 35.5. The zero-order chi connectivity index (χ0) is 18.0. The van der Waals surface area contributed by atoms with E-state index in [2.05, 4.69) is 15.3 Å². The van der Waals surface area contributed by atoms with E-state index in [1.54, 1.807) is 6.07 Å². The maximum Gasteiger partial charge on any atom is 0.335 e. The van der Waals surface area contributed by atoms with E-state index in [0.717, 1.165) is 18.5 Å². The van der Waals surface area contributed by atoms with Crippen LogP contribution in [0, 0.1) is 6.92 Å². The van der Waals surface area contributed by atoms with Crippen molar-refractivity contribution in [1.82, 2.24) is 15.3 Å². The second kappa shape index (κ2) is 7.14. The van der Waals surface area contributed by atoms with Crippen LogP contribution in [0.2, 0.25) is 5.15 Å². The van der Waals surface area contributed by atoms with Crippen LogP contribution >= 0.6 is 11.6 Å². The Morgan fingerprint density at radius 2 is 2.04 bits per heavy atom. The van der Waals surface area contributed by atoms with Crippen LogP contribution in [0.4, 0.5) is 5.82 Å². The van der Waals surface area contributed by atoms with Gasteiger partial charge in [-0.1, -0.05) is 11.6 Å². The van der Waals surface area contributed by atoms with Gasteiger partial charge in [0.25, 0.3) is 5.91 Å². The highest BCUT2D eigenvalue weighted by Gasteiger charge is 2.23. The number of carboxylic acids is 1. The molecule has 8 heteroatoms. The summed E-state index contributed by atoms with van der Waals surface area (Å²) >= 11 is 5.92. The zero-order valence-electron chi connectivity index (χ0n) is 13.8. The van der Waals surface area contributed by atoms with E-state index in [4.69, 9.17) is 16.7 Å². The van der Waals surface area contributed by atoms with Crippen molar-refractivity contribution in [3.63, 3.8) is 0 Å². The molecule has 2 aromatic heterocycles. The number of hydrogen-bond donors (Lipinski definition) is 3. The van der Waals surface area contributed by atoms with E-state index in [1.807, 2.05) is 17.9 Å². The van der Waals surface area contributed by atoms with E-state index in [1.165, 1.54) is 12.1 Å². The summed E-state index contributed by atoms with van der Waals surface area (Å²) < 4.78 is 0. The SMILES string of the molecule is Cc1ccc(C(=O)NC2CCN(c3cc(C(=O)O)cc(Cl)n3)CC2)[nH]1. The van der Waals surface area contributed by atoms with Gasteiger partial charge in [0.2, 0.25) is 0 Å². The third-order valence-corrected chi connectivity index (χ3v) is 4.45. The van der Waals surface area contributed by atoms with Gasteiger partial charge in [-0.3, -0.25) is 4.79 Å². The van der Waals surface area contributed by atoms with E-state index in [9.17, 15) is 9.59 Å². The largest absolute Gasteiger partial charge is 0.478 e. The van der Waals surface area contributed by atoms with Gasteiger partial charge in [-0.2, -0.15) is 0 Å². The van der Waals surface area contributed by atoms with Gasteiger partial charge in [-0.05, 0) is 44.0 Å². The summed E-state index contributed by atoms with van der Waals surface area (Å²) in [5, 5.41) is 12.3. The van der Waals surface area contributed by atoms with Crippen LogP contribution in [-0.2, 0) is 0 Å². The fraction of sp³-hybridized carbons (Fsp3) is 0.353. The predicted octanol–water partition coefficient (Wildman–Crippen LogP) is 2.47. The molecule has 0 radical (unpaired) electrons. The monoisotopic (exact) mass is 362 g/mol. The Morgan fingerprint density at radius 1 is 1.32 bits per heavy atom. The van der Waals surface area contributed by atoms with E-state index in [0.29, 0.717) is 24.6 Å². The third-order valence-electron chi connectivity index (χ3n) is 4.26. The minimum absolute atomic E-state index is 0.0745. The van der Waals surface area contributed by atoms with Gasteiger partial charge in [0.1, 0.15) is 16.7 Å². The summed E-state index contributed by atoms with van der Waals surface area (Å²) in [6.07, 6.45) is 1.50. The number of aromatic amines is 1. The van der Waals surface area contributed by atoms with Crippen molar-refractivity contribution >= 4 is 29.3 Å². The molecule has 0 bridgehead atoms. The standard InChI is InChI=1S/C17H19ClN4O3/c1-10-2-3-13(19-10)16(23)20-12-4-6-22(7-5-12)15-9-11(17(24)25)8-14(18)21-15/h2-3,8-9,12,19H,4-7H2,1H3,(H,20,23)(H,24,25). The van der Waals surface area contributed by atoms with Gasteiger partial charge in [-0.15, -0.1) is 0 Å². The molecule has 1 amide bonds. The molecule has 0 saturated carbocycles. The van der Waals surface area contributed by atoms with Crippen molar-refractivity contribution in [3.8, 4) is 0 Å². The van der Waals surface area contributed by atoms with E-state index in [-0.39, 0.29) is 22.7 Å². The molecule has 3 rings (SSSR count). The molecule has 1 aliphatic rings. The number of nitrogens with one attached hydrogen (secondary N) is 2. The van der Waals surface area contributed by atoms with Crippen LogP contribution < -0.4 is 10.2 Å². The topological polar surface area (TPSA) is 98.3 Å². The first-order valence-electron chi connectivity index (χ1n) is 8.04. The lowest BCUT2D eigenvalue weighted by Gasteiger charge is -2.33. The van der Waals surface area contributed by atoms with Crippen LogP contribution in [0.1, 0.15) is 39.4 Å². The van der Waals surface area contributed by atoms with E-state index < -0.39 is 5.97 Å². The maximum absolute atomic E-state index is 12.2. The fourth-order valence-electron chi connectivity index (χ4n) is 2.92. The Balaban J connectivity index is 1.60. The summed E-state index contributed by atoms with van der Waals surface area (Å²) in [5.41, 5.74) is 1.62. The molecule has 7 nitrogen and oxygen atoms in total. The van der Waals surface area contributed by atoms with Gasteiger partial charge in [0.05, 0.1) is 5.56 Å². The van der Waals surface area contributed by atoms with Crippen LogP contribution in [0.25, 0.3) is 0 Å². The number of carbonyl (C=O) groups excluding carboxylic acids is 1. The number of aromatic carboxylic acids is 1. The first-order valence-corrected chi connectivity index (χ1v) is 8.42. The van der Waals surface area contributed by atoms with Crippen molar-refractivity contribution < 1.29 is 14.7 Å². The molecule has 0 atom stereocenters. The number of carbonyl (C=O) groups is 2. The van der Waals surface area contributed by atoms with Crippen LogP contribution in [0.3, 0.4) is 0 Å². The number of H-pyrrole nitrogens is 1. The Kier molecular flexibility index (Phi) is 4.94. The molecule has 1 aliphatic heterocycles. The highest BCUT2D eigenvalue weighted by Crippen LogP contribution is 2.22. The number of nitrogens with zero attached hydrogens (tertiary/aromatic N) is 2. The summed E-state index contributed by atoms with van der Waals surface area (Å²) in [6, 6.07) is 6.56. The normalized spacial score (nSPS) is 15.2. The third kappa shape index (κ3) is 4.11. The molecule has 3 heterocycles. The predicted molar refractivity (Wildman–Crippen MR) is 94.4 cm³/mol. The van der Waals surface area contributed by atoms with E-state index >= 15 is 0 Å². The van der Waals surface area contributed by atoms with Crippen LogP contribution in [0.15, 0.2) is 24.3 Å². The Labute approximate surface area is 150 Å². The average molecular weight is 363 g/mol. The van der Waals surface area contributed by atoms with Crippen LogP contribution in [-0.4, -0.2) is 46.1 Å². The number of aryl methyl sites for hydroxylation is 1. The van der Waals surface area contributed by atoms with Gasteiger partial charge < -0.3 is 20.3 Å². The molecule has 1 saturated heterocycles. The lowest BCUT2D eigenvalue weighted by molar-refractivity contribution is 0.0696. The molecule has 0 aliphatic carbocycles. The molecule has 0 aromatic carbocycles. The number of pyridine rings is 1. The lowest BCUT2D eigenvalue weighted by Crippen LogP contribution is -2.45. The Bertz CT molecular complexity index is 797. The molecule has 0 spiro atoms. The number of rotatable bonds is 4. The second-order valence-electron chi connectivity index (χ2n) is 6.13. The van der Waals surface area contributed by atoms with Gasteiger partial charge in [0, 0.05) is 24.8 Å². The second-order valence-corrected chi connectivity index (χ2v) is 6.52. The first-order chi connectivity index (χ1) is 11.9. The van der Waals surface area contributed by atoms with Crippen molar-refractivity contribution in [1.29, 1.82) is 0 Å². The maximum atomic E-state index is 12.2. The number of amides is 1. The number of anilines is 1. The zero-order valence-corrected chi connectivity index (χ0v) is 14.5. The lowest BCUT2D eigenvalue weighted by atomic mass is 10.0. The summed E-state index contributed by atoms with van der Waals surface area (Å²) in [7, 11) is 0. The van der Waals surface area contributed by atoms with Crippen molar-refractivity contribution in [2.45, 2.75) is 25.8 Å². The molecular formula is C17H19ClN4O3. The smallest absolute Gasteiger partial charge is 0.335 e. The minimum Gasteiger partial charge on any atom is -0.478 e. The Hall–Kier alpha value is -2.54. The molecule has 132 valence electrons. The molecule has 25 heavy (non-hydrogen) atoms. The number of halogens is 1. The minimum atomic E-state index is -1.03. The molecule has 3 N–H and O–H groups in total. The first kappa shape index (κ1) is 17.3. The van der Waals surface area contributed by atoms with Crippen LogP contribution in [0.5, 0.6) is 0 Å². The molecular weight excluding hydrogens is 344 g/mol. The van der Waals surface area contributed by atoms with Gasteiger partial charge >= 0.3 is 5.97 Å². The summed E-state index contributed by atoms with van der Waals surface area (Å²) in [4.78, 5) is 32.6. The van der Waals surface area contributed by atoms with Crippen molar-refractivity contribution in [2.75, 3.05) is 18.0 Å². The summed E-state index contributed by atoms with van der Waals surface area (Å²) in [5.74, 6) is -0.593. The highest BCUT2D eigenvalue weighted by molar-refractivity contribution is 6.29. The number of piperidine rings is 1. The number of aromatic nitrogens is 2. The molecule has 1 fully saturated rings. The Morgan fingerprint density at radius 3 is 2.64 bits per heavy atom. The number of hydrogen-bond acceptors (Lipinski definition) is 4. The number of carboxylic acid groups (broad SMARTS) is 1.